The molecule has 0 saturated heterocycles. The number of nitrogens with zero attached hydrogens (tertiary/aromatic N) is 4. The molecule has 0 amide bonds. The zero-order chi connectivity index (χ0) is 51.2. The summed E-state index contributed by atoms with van der Waals surface area (Å²) in [6, 6.07) is 40.8. The average Bonchev–Trinajstić information content (AvgIpc) is 3.90. The van der Waals surface area contributed by atoms with Crippen LogP contribution in [-0.2, 0) is 16.2 Å². The predicted octanol–water partition coefficient (Wildman–Crippen LogP) is 16.3. The van der Waals surface area contributed by atoms with Gasteiger partial charge in [0.15, 0.2) is 0 Å². The summed E-state index contributed by atoms with van der Waals surface area (Å²) in [4.78, 5) is 4.97. The number of rotatable bonds is 7. The standard InChI is InChI=1S/C60H62N4O/c1-37-25-45(58(5,6)7)26-38(2)56(37)43-23-24-61-55(30-43)64-53-22-19-42(41-17-15-14-16-18-41)29-52(53)51-21-20-49(34-54(51)64)65-50-32-47(60(11,12)13)31-48(33-50)63-36-44(35-62-63)57-39(3)27-46(28-40(57)4)59(8,9)10/h14-36H,1-13H3/i1D3,3D3. The summed E-state index contributed by atoms with van der Waals surface area (Å²) in [5.74, 6) is 1.85. The summed E-state index contributed by atoms with van der Waals surface area (Å²) in [6.45, 7) is 18.3. The molecule has 6 aromatic carbocycles. The first-order valence-corrected chi connectivity index (χ1v) is 22.5. The molecule has 0 spiro atoms. The van der Waals surface area contributed by atoms with E-state index in [1.807, 2.05) is 80.7 Å². The highest BCUT2D eigenvalue weighted by molar-refractivity contribution is 6.10. The van der Waals surface area contributed by atoms with Gasteiger partial charge in [-0.3, -0.25) is 4.57 Å². The van der Waals surface area contributed by atoms with Crippen LogP contribution >= 0.6 is 0 Å². The molecular formula is C60H62N4O. The van der Waals surface area contributed by atoms with Crippen LogP contribution in [0.3, 0.4) is 0 Å². The monoisotopic (exact) mass is 861 g/mol. The number of hydrogen-bond donors (Lipinski definition) is 0. The van der Waals surface area contributed by atoms with Gasteiger partial charge in [-0.2, -0.15) is 5.10 Å². The van der Waals surface area contributed by atoms with Crippen LogP contribution in [0.15, 0.2) is 140 Å². The van der Waals surface area contributed by atoms with Crippen molar-refractivity contribution in [2.75, 3.05) is 0 Å². The van der Waals surface area contributed by atoms with Crippen molar-refractivity contribution in [2.24, 2.45) is 0 Å². The molecule has 0 atom stereocenters. The summed E-state index contributed by atoms with van der Waals surface area (Å²) < 4.78 is 62.3. The van der Waals surface area contributed by atoms with Gasteiger partial charge in [-0.25, -0.2) is 9.67 Å². The summed E-state index contributed by atoms with van der Waals surface area (Å²) in [5.41, 5.74) is 12.2. The Bertz CT molecular complexity index is 3500. The first-order chi connectivity index (χ1) is 33.1. The third kappa shape index (κ3) is 8.41. The minimum absolute atomic E-state index is 0.224. The molecule has 0 aliphatic rings. The van der Waals surface area contributed by atoms with Gasteiger partial charge >= 0.3 is 0 Å². The lowest BCUT2D eigenvalue weighted by Gasteiger charge is -2.22. The van der Waals surface area contributed by atoms with E-state index in [9.17, 15) is 0 Å². The van der Waals surface area contributed by atoms with Gasteiger partial charge in [0.1, 0.15) is 17.3 Å². The van der Waals surface area contributed by atoms with E-state index in [0.717, 1.165) is 77.6 Å². The van der Waals surface area contributed by atoms with Crippen LogP contribution < -0.4 is 4.74 Å². The Kier molecular flexibility index (Phi) is 9.04. The van der Waals surface area contributed by atoms with Crippen LogP contribution in [0.4, 0.5) is 0 Å². The predicted molar refractivity (Wildman–Crippen MR) is 274 cm³/mol. The number of aryl methyl sites for hydroxylation is 4. The molecule has 3 heterocycles. The largest absolute Gasteiger partial charge is 0.457 e. The lowest BCUT2D eigenvalue weighted by Crippen LogP contribution is -2.12. The maximum Gasteiger partial charge on any atom is 0.138 e. The highest BCUT2D eigenvalue weighted by Gasteiger charge is 2.22. The minimum atomic E-state index is -2.35. The number of pyridine rings is 1. The minimum Gasteiger partial charge on any atom is -0.457 e. The van der Waals surface area contributed by atoms with Crippen LogP contribution in [0.25, 0.3) is 66.7 Å². The molecule has 0 N–H and O–H groups in total. The van der Waals surface area contributed by atoms with Crippen molar-refractivity contribution >= 4 is 21.8 Å². The van der Waals surface area contributed by atoms with Gasteiger partial charge < -0.3 is 4.74 Å². The molecule has 5 nitrogen and oxygen atoms in total. The van der Waals surface area contributed by atoms with E-state index in [2.05, 4.69) is 128 Å². The molecule has 0 bridgehead atoms. The van der Waals surface area contributed by atoms with Gasteiger partial charge in [0.25, 0.3) is 0 Å². The van der Waals surface area contributed by atoms with Crippen LogP contribution in [-0.4, -0.2) is 19.3 Å². The molecule has 0 radical (unpaired) electrons. The summed E-state index contributed by atoms with van der Waals surface area (Å²) >= 11 is 0. The van der Waals surface area contributed by atoms with E-state index in [0.29, 0.717) is 39.6 Å². The Balaban J connectivity index is 1.18. The van der Waals surface area contributed by atoms with Gasteiger partial charge in [0, 0.05) is 49.1 Å². The number of ether oxygens (including phenoxy) is 1. The van der Waals surface area contributed by atoms with Crippen molar-refractivity contribution in [3.05, 3.63) is 179 Å². The summed E-state index contributed by atoms with van der Waals surface area (Å²) in [7, 11) is 0. The maximum absolute atomic E-state index is 8.66. The topological polar surface area (TPSA) is 44.9 Å². The molecule has 328 valence electrons. The Hall–Kier alpha value is -6.72. The molecule has 9 aromatic rings. The lowest BCUT2D eigenvalue weighted by atomic mass is 9.83. The van der Waals surface area contributed by atoms with Crippen LogP contribution in [0.1, 0.15) is 109 Å². The molecule has 0 aliphatic heterocycles. The number of fused-ring (bicyclic) bond motifs is 3. The first-order valence-electron chi connectivity index (χ1n) is 25.5. The second-order valence-electron chi connectivity index (χ2n) is 20.7. The van der Waals surface area contributed by atoms with Crippen molar-refractivity contribution < 1.29 is 13.0 Å². The van der Waals surface area contributed by atoms with Gasteiger partial charge in [-0.1, -0.05) is 123 Å². The van der Waals surface area contributed by atoms with Gasteiger partial charge in [0.2, 0.25) is 0 Å². The molecule has 0 unspecified atom stereocenters. The number of benzene rings is 6. The maximum atomic E-state index is 8.66. The third-order valence-electron chi connectivity index (χ3n) is 12.6. The number of aromatic nitrogens is 4. The Labute approximate surface area is 394 Å². The molecule has 0 aliphatic carbocycles. The molecule has 3 aromatic heterocycles. The molecule has 0 saturated carbocycles. The van der Waals surface area contributed by atoms with Crippen LogP contribution in [0, 0.1) is 27.6 Å². The Morgan fingerprint density at radius 1 is 0.508 bits per heavy atom. The SMILES string of the molecule is [2H]C([2H])([2H])c1cc(C(C)(C)C)cc(C)c1-c1ccnc(-n2c3ccc(-c4ccccc4)cc3c3ccc(Oc4cc(-n5cc(-c6c(C)cc(C(C)(C)C)cc6C([2H])([2H])[2H])cn5)cc(C(C)(C)C)c4)cc32)c1. The molecular weight excluding hydrogens is 793 g/mol. The fourth-order valence-electron chi connectivity index (χ4n) is 8.96. The highest BCUT2D eigenvalue weighted by Crippen LogP contribution is 2.40. The van der Waals surface area contributed by atoms with Crippen molar-refractivity contribution in [3.8, 4) is 56.4 Å². The van der Waals surface area contributed by atoms with E-state index in [4.69, 9.17) is 23.0 Å². The second kappa shape index (κ2) is 16.1. The highest BCUT2D eigenvalue weighted by atomic mass is 16.5. The quantitative estimate of drug-likeness (QED) is 0.160. The van der Waals surface area contributed by atoms with E-state index >= 15 is 0 Å². The van der Waals surface area contributed by atoms with Crippen molar-refractivity contribution in [3.63, 3.8) is 0 Å². The molecule has 0 fully saturated rings. The van der Waals surface area contributed by atoms with Crippen LogP contribution in [0.2, 0.25) is 0 Å². The zero-order valence-electron chi connectivity index (χ0n) is 45.5. The van der Waals surface area contributed by atoms with Crippen molar-refractivity contribution in [1.29, 1.82) is 0 Å². The Morgan fingerprint density at radius 3 is 1.78 bits per heavy atom. The molecule has 9 rings (SSSR count). The fourth-order valence-corrected chi connectivity index (χ4v) is 8.96. The van der Waals surface area contributed by atoms with Gasteiger partial charge in [0.05, 0.1) is 22.9 Å². The summed E-state index contributed by atoms with van der Waals surface area (Å²) in [6.07, 6.45) is 5.40. The third-order valence-corrected chi connectivity index (χ3v) is 12.6. The first kappa shape index (κ1) is 36.6. The Morgan fingerprint density at radius 2 is 1.14 bits per heavy atom. The van der Waals surface area contributed by atoms with E-state index < -0.39 is 13.7 Å². The number of hydrogen-bond acceptors (Lipinski definition) is 3. The van der Waals surface area contributed by atoms with E-state index in [1.54, 1.807) is 17.1 Å². The zero-order valence-corrected chi connectivity index (χ0v) is 39.5. The van der Waals surface area contributed by atoms with Gasteiger partial charge in [-0.05, 0) is 159 Å². The smallest absolute Gasteiger partial charge is 0.138 e. The van der Waals surface area contributed by atoms with Crippen molar-refractivity contribution in [2.45, 2.75) is 106 Å². The lowest BCUT2D eigenvalue weighted by molar-refractivity contribution is 0.478. The summed E-state index contributed by atoms with van der Waals surface area (Å²) in [5, 5.41) is 6.85. The fraction of sp³-hybridized carbons (Fsp3) is 0.267. The van der Waals surface area contributed by atoms with Gasteiger partial charge in [-0.15, -0.1) is 0 Å². The normalized spacial score (nSPS) is 14.1. The van der Waals surface area contributed by atoms with Crippen molar-refractivity contribution in [1.82, 2.24) is 19.3 Å². The van der Waals surface area contributed by atoms with Crippen LogP contribution in [0.5, 0.6) is 11.5 Å². The molecule has 65 heavy (non-hydrogen) atoms. The van der Waals surface area contributed by atoms with E-state index in [1.165, 1.54) is 0 Å². The second-order valence-corrected chi connectivity index (χ2v) is 20.7. The van der Waals surface area contributed by atoms with E-state index in [-0.39, 0.29) is 16.2 Å². The molecule has 5 heteroatoms. The average molecular weight is 861 g/mol.